The van der Waals surface area contributed by atoms with Crippen LogP contribution in [0.1, 0.15) is 40.4 Å². The van der Waals surface area contributed by atoms with Crippen LogP contribution in [0.4, 0.5) is 5.69 Å². The topological polar surface area (TPSA) is 184 Å². The van der Waals surface area contributed by atoms with Gasteiger partial charge in [-0.3, -0.25) is 33.7 Å². The van der Waals surface area contributed by atoms with E-state index in [1.54, 1.807) is 30.3 Å². The molecule has 3 aliphatic rings. The summed E-state index contributed by atoms with van der Waals surface area (Å²) in [4.78, 5) is 79.0. The number of carbonyl (C=O) groups is 6. The van der Waals surface area contributed by atoms with E-state index in [-0.39, 0.29) is 30.1 Å². The lowest BCUT2D eigenvalue weighted by Crippen LogP contribution is -2.74. The van der Waals surface area contributed by atoms with Gasteiger partial charge in [0.05, 0.1) is 17.5 Å². The number of rotatable bonds is 3. The molecule has 5 N–H and O–H groups in total. The predicted octanol–water partition coefficient (Wildman–Crippen LogP) is 0.225. The summed E-state index contributed by atoms with van der Waals surface area (Å²) >= 11 is 0. The van der Waals surface area contributed by atoms with E-state index < -0.39 is 64.4 Å². The van der Waals surface area contributed by atoms with Gasteiger partial charge < -0.3 is 21.3 Å². The van der Waals surface area contributed by atoms with Gasteiger partial charge in [0.2, 0.25) is 11.8 Å². The molecule has 2 amide bonds. The highest BCUT2D eigenvalue weighted by molar-refractivity contribution is 6.32. The number of phenols is 1. The molecule has 2 aromatic carbocycles. The summed E-state index contributed by atoms with van der Waals surface area (Å²) in [6, 6.07) is 8.50. The zero-order valence-corrected chi connectivity index (χ0v) is 23.1. The van der Waals surface area contributed by atoms with E-state index >= 15 is 0 Å². The lowest BCUT2D eigenvalue weighted by atomic mass is 9.52. The van der Waals surface area contributed by atoms with Crippen molar-refractivity contribution < 1.29 is 39.0 Å². The van der Waals surface area contributed by atoms with Crippen molar-refractivity contribution in [3.63, 3.8) is 0 Å². The molecule has 3 aliphatic carbocycles. The maximum atomic E-state index is 13.9. The van der Waals surface area contributed by atoms with Crippen LogP contribution >= 0.6 is 0 Å². The van der Waals surface area contributed by atoms with E-state index in [4.69, 9.17) is 5.73 Å². The molecule has 5 rings (SSSR count). The molecule has 0 heterocycles. The van der Waals surface area contributed by atoms with Gasteiger partial charge in [-0.25, -0.2) is 0 Å². The third-order valence-corrected chi connectivity index (χ3v) is 8.49. The van der Waals surface area contributed by atoms with E-state index in [2.05, 4.69) is 17.2 Å². The van der Waals surface area contributed by atoms with Crippen LogP contribution in [0.3, 0.4) is 0 Å². The van der Waals surface area contributed by atoms with Gasteiger partial charge in [0.25, 0.3) is 0 Å². The monoisotopic (exact) mass is 571 g/mol. The van der Waals surface area contributed by atoms with Crippen molar-refractivity contribution in [2.75, 3.05) is 19.4 Å². The summed E-state index contributed by atoms with van der Waals surface area (Å²) in [5.41, 5.74) is 4.55. The highest BCUT2D eigenvalue weighted by Crippen LogP contribution is 2.50. The van der Waals surface area contributed by atoms with E-state index in [1.165, 1.54) is 32.0 Å². The van der Waals surface area contributed by atoms with Gasteiger partial charge in [-0.05, 0) is 74.8 Å². The van der Waals surface area contributed by atoms with Gasteiger partial charge in [-0.15, -0.1) is 0 Å². The molecule has 0 bridgehead atoms. The Labute approximate surface area is 241 Å². The molecule has 0 aromatic heterocycles. The Hall–Kier alpha value is -4.66. The zero-order chi connectivity index (χ0) is 30.7. The second-order valence-corrected chi connectivity index (χ2v) is 11.3. The number of aromatic hydroxyl groups is 1. The zero-order valence-electron chi connectivity index (χ0n) is 23.1. The Morgan fingerprint density at radius 1 is 1.02 bits per heavy atom. The SMILES string of the molecule is CC(=O)Nc1ccc(C#Cc2ccc(O)c3c2CC2CC4C(N(C)C)C(=O)C(C(N)=O)C(=O)C4(O)C(=O)C2C3=O)cc1. The van der Waals surface area contributed by atoms with Crippen LogP contribution in [-0.4, -0.2) is 75.8 Å². The van der Waals surface area contributed by atoms with Crippen molar-refractivity contribution in [2.24, 2.45) is 29.4 Å². The van der Waals surface area contributed by atoms with Crippen molar-refractivity contribution in [3.05, 3.63) is 58.7 Å². The van der Waals surface area contributed by atoms with Gasteiger partial charge in [0.1, 0.15) is 5.75 Å². The summed E-state index contributed by atoms with van der Waals surface area (Å²) in [6.07, 6.45) is 0.0722. The number of benzene rings is 2. The Morgan fingerprint density at radius 2 is 1.69 bits per heavy atom. The molecule has 6 atom stereocenters. The Kier molecular flexibility index (Phi) is 7.08. The number of primary amides is 1. The number of phenolic OH excluding ortho intramolecular Hbond substituents is 1. The molecule has 0 saturated heterocycles. The quantitative estimate of drug-likeness (QED) is 0.296. The normalized spacial score (nSPS) is 28.3. The first-order chi connectivity index (χ1) is 19.8. The molecule has 2 fully saturated rings. The number of ketones is 4. The number of nitrogens with two attached hydrogens (primary N) is 1. The molecule has 11 heteroatoms. The van der Waals surface area contributed by atoms with E-state index in [9.17, 15) is 39.0 Å². The van der Waals surface area contributed by atoms with Crippen molar-refractivity contribution >= 4 is 40.6 Å². The van der Waals surface area contributed by atoms with Gasteiger partial charge in [-0.1, -0.05) is 11.8 Å². The minimum absolute atomic E-state index is 0.0446. The Bertz CT molecular complexity index is 1630. The number of hydrogen-bond acceptors (Lipinski definition) is 9. The van der Waals surface area contributed by atoms with Crippen LogP contribution in [-0.2, 0) is 30.4 Å². The maximum absolute atomic E-state index is 13.9. The van der Waals surface area contributed by atoms with Crippen LogP contribution in [0.25, 0.3) is 0 Å². The summed E-state index contributed by atoms with van der Waals surface area (Å²) in [7, 11) is 3.06. The van der Waals surface area contributed by atoms with Crippen LogP contribution in [0, 0.1) is 35.5 Å². The minimum Gasteiger partial charge on any atom is -0.507 e. The molecular weight excluding hydrogens is 542 g/mol. The lowest BCUT2D eigenvalue weighted by Gasteiger charge is -2.52. The molecule has 2 aromatic rings. The summed E-state index contributed by atoms with van der Waals surface area (Å²) < 4.78 is 0. The predicted molar refractivity (Wildman–Crippen MR) is 148 cm³/mol. The number of nitrogens with zero attached hydrogens (tertiary/aromatic N) is 1. The first kappa shape index (κ1) is 28.9. The smallest absolute Gasteiger partial charge is 0.235 e. The fourth-order valence-corrected chi connectivity index (χ4v) is 6.70. The van der Waals surface area contributed by atoms with Crippen LogP contribution in [0.5, 0.6) is 5.75 Å². The molecular formula is C31H29N3O8. The number of nitrogens with one attached hydrogen (secondary N) is 1. The van der Waals surface area contributed by atoms with Gasteiger partial charge >= 0.3 is 0 Å². The second-order valence-electron chi connectivity index (χ2n) is 11.3. The third kappa shape index (κ3) is 4.40. The summed E-state index contributed by atoms with van der Waals surface area (Å²) in [5.74, 6) is -5.18. The average Bonchev–Trinajstić information content (AvgIpc) is 2.90. The van der Waals surface area contributed by atoms with E-state index in [0.717, 1.165) is 0 Å². The summed E-state index contributed by atoms with van der Waals surface area (Å²) in [6.45, 7) is 1.40. The minimum atomic E-state index is -2.77. The van der Waals surface area contributed by atoms with Gasteiger partial charge in [0.15, 0.2) is 34.7 Å². The first-order valence-electron chi connectivity index (χ1n) is 13.4. The fourth-order valence-electron chi connectivity index (χ4n) is 6.70. The molecule has 42 heavy (non-hydrogen) atoms. The standard InChI is InChI=1S/C31H29N3O8/c1-14(35)33-18-9-5-15(6-10-18)4-7-16-8-11-21(36)23-19(16)12-17-13-20-25(34(2)3)27(38)24(30(32)41)29(40)31(20,42)28(39)22(17)26(23)37/h5-6,8-11,17,20,22,24-25,36,42H,12-13H2,1-3H3,(H2,32,41)(H,33,35). The van der Waals surface area contributed by atoms with Crippen molar-refractivity contribution in [1.29, 1.82) is 0 Å². The van der Waals surface area contributed by atoms with E-state index in [0.29, 0.717) is 22.4 Å². The lowest BCUT2D eigenvalue weighted by molar-refractivity contribution is -0.181. The number of hydrogen-bond donors (Lipinski definition) is 4. The molecule has 2 saturated carbocycles. The largest absolute Gasteiger partial charge is 0.507 e. The number of amides is 2. The molecule has 11 nitrogen and oxygen atoms in total. The number of anilines is 1. The van der Waals surface area contributed by atoms with Gasteiger partial charge in [-0.2, -0.15) is 0 Å². The van der Waals surface area contributed by atoms with Crippen molar-refractivity contribution in [1.82, 2.24) is 4.90 Å². The summed E-state index contributed by atoms with van der Waals surface area (Å²) in [5, 5.41) is 25.0. The molecule has 0 spiro atoms. The van der Waals surface area contributed by atoms with Crippen LogP contribution in [0.15, 0.2) is 36.4 Å². The number of Topliss-reactive ketones (excluding diaryl/α,β-unsaturated/α-hetero) is 4. The first-order valence-corrected chi connectivity index (χ1v) is 13.4. The highest BCUT2D eigenvalue weighted by atomic mass is 16.3. The van der Waals surface area contributed by atoms with Crippen LogP contribution in [0.2, 0.25) is 0 Å². The molecule has 0 aliphatic heterocycles. The average molecular weight is 572 g/mol. The highest BCUT2D eigenvalue weighted by Gasteiger charge is 2.69. The number of likely N-dealkylation sites (N-methyl/N-ethyl adjacent to an activating group) is 1. The molecule has 6 unspecified atom stereocenters. The fraction of sp³-hybridized carbons (Fsp3) is 0.355. The second kappa shape index (κ2) is 10.3. The van der Waals surface area contributed by atoms with E-state index in [1.807, 2.05) is 0 Å². The number of aliphatic hydroxyl groups is 1. The van der Waals surface area contributed by atoms with Crippen molar-refractivity contribution in [3.8, 4) is 17.6 Å². The third-order valence-electron chi connectivity index (χ3n) is 8.49. The Morgan fingerprint density at radius 3 is 2.29 bits per heavy atom. The molecule has 0 radical (unpaired) electrons. The Balaban J connectivity index is 1.55. The van der Waals surface area contributed by atoms with Crippen molar-refractivity contribution in [2.45, 2.75) is 31.4 Å². The maximum Gasteiger partial charge on any atom is 0.235 e. The number of fused-ring (bicyclic) bond motifs is 3. The number of carbonyl (C=O) groups excluding carboxylic acids is 6. The molecule has 216 valence electrons. The van der Waals surface area contributed by atoms with Gasteiger partial charge in [0, 0.05) is 29.7 Å². The van der Waals surface area contributed by atoms with Crippen LogP contribution < -0.4 is 11.1 Å².